The number of benzene rings is 2. The van der Waals surface area contributed by atoms with Crippen molar-refractivity contribution < 1.29 is 23.5 Å². The first kappa shape index (κ1) is 37.1. The van der Waals surface area contributed by atoms with Crippen molar-refractivity contribution in [1.82, 2.24) is 10.2 Å². The number of furan rings is 1. The maximum Gasteiger partial charge on any atom is 0.227 e. The number of amides is 2. The summed E-state index contributed by atoms with van der Waals surface area (Å²) in [6.45, 7) is 5.09. The molecule has 2 heterocycles. The Kier molecular flexibility index (Phi) is 18.0. The number of ether oxygens (including phenoxy) is 1. The summed E-state index contributed by atoms with van der Waals surface area (Å²) in [6.07, 6.45) is 4.09. The summed E-state index contributed by atoms with van der Waals surface area (Å²) >= 11 is 1.69. The predicted octanol–water partition coefficient (Wildman–Crippen LogP) is 4.67. The molecular formula is C32H45N5O5S. The van der Waals surface area contributed by atoms with E-state index in [4.69, 9.17) is 19.4 Å². The van der Waals surface area contributed by atoms with E-state index < -0.39 is 6.04 Å². The van der Waals surface area contributed by atoms with Crippen LogP contribution in [-0.4, -0.2) is 70.1 Å². The van der Waals surface area contributed by atoms with Crippen LogP contribution in [0.25, 0.3) is 21.9 Å². The van der Waals surface area contributed by atoms with E-state index in [0.717, 1.165) is 45.8 Å². The normalized spacial score (nSPS) is 11.5. The first-order valence-corrected chi connectivity index (χ1v) is 14.9. The third-order valence-electron chi connectivity index (χ3n) is 6.53. The molecule has 0 fully saturated rings. The Morgan fingerprint density at radius 1 is 1.14 bits per heavy atom. The van der Waals surface area contributed by atoms with Gasteiger partial charge in [0.2, 0.25) is 12.3 Å². The van der Waals surface area contributed by atoms with Crippen molar-refractivity contribution in [2.75, 3.05) is 34.4 Å². The van der Waals surface area contributed by atoms with E-state index in [0.29, 0.717) is 25.6 Å². The molecule has 0 radical (unpaired) electrons. The monoisotopic (exact) mass is 611 g/mol. The number of hydrogen-bond donors (Lipinski definition) is 4. The molecule has 1 unspecified atom stereocenters. The van der Waals surface area contributed by atoms with Crippen molar-refractivity contribution in [3.63, 3.8) is 0 Å². The molecule has 6 N–H and O–H groups in total. The quantitative estimate of drug-likeness (QED) is 0.103. The van der Waals surface area contributed by atoms with E-state index in [1.165, 1.54) is 18.1 Å². The van der Waals surface area contributed by atoms with Crippen LogP contribution in [0.3, 0.4) is 0 Å². The second kappa shape index (κ2) is 20.9. The Hall–Kier alpha value is -3.90. The van der Waals surface area contributed by atoms with Crippen LogP contribution in [-0.2, 0) is 25.5 Å². The molecular weight excluding hydrogens is 566 g/mol. The third-order valence-corrected chi connectivity index (χ3v) is 7.67. The highest BCUT2D eigenvalue weighted by molar-refractivity contribution is 7.10. The van der Waals surface area contributed by atoms with Crippen LogP contribution in [0, 0.1) is 5.41 Å². The average molecular weight is 612 g/mol. The number of primary amides is 1. The number of thiophene rings is 1. The number of carbonyl (C=O) groups is 3. The molecule has 4 aromatic rings. The molecule has 2 atom stereocenters. The van der Waals surface area contributed by atoms with Gasteiger partial charge in [0.15, 0.2) is 0 Å². The molecule has 234 valence electrons. The fourth-order valence-corrected chi connectivity index (χ4v) is 5.23. The van der Waals surface area contributed by atoms with Crippen LogP contribution in [0.1, 0.15) is 48.7 Å². The Morgan fingerprint density at radius 2 is 1.81 bits per heavy atom. The smallest absolute Gasteiger partial charge is 0.227 e. The zero-order valence-corrected chi connectivity index (χ0v) is 26.5. The minimum absolute atomic E-state index is 0.0533. The van der Waals surface area contributed by atoms with E-state index in [1.807, 2.05) is 67.9 Å². The van der Waals surface area contributed by atoms with Crippen molar-refractivity contribution in [2.45, 2.75) is 45.2 Å². The summed E-state index contributed by atoms with van der Waals surface area (Å²) in [5.74, 6) is -0.0533. The van der Waals surface area contributed by atoms with Gasteiger partial charge in [0, 0.05) is 53.7 Å². The molecule has 2 aromatic carbocycles. The Balaban J connectivity index is 0.000000480. The Bertz CT molecular complexity index is 1400. The van der Waals surface area contributed by atoms with Gasteiger partial charge in [-0.25, -0.2) is 0 Å². The van der Waals surface area contributed by atoms with Crippen molar-refractivity contribution in [2.24, 2.45) is 11.5 Å². The van der Waals surface area contributed by atoms with E-state index in [9.17, 15) is 9.59 Å². The van der Waals surface area contributed by atoms with Crippen molar-refractivity contribution in [1.29, 1.82) is 5.41 Å². The number of likely N-dealkylation sites (N-methyl/N-ethyl adjacent to an activating group) is 1. The summed E-state index contributed by atoms with van der Waals surface area (Å²) in [5, 5.41) is 14.3. The van der Waals surface area contributed by atoms with Crippen LogP contribution < -0.4 is 16.8 Å². The van der Waals surface area contributed by atoms with Gasteiger partial charge < -0.3 is 41.0 Å². The maximum atomic E-state index is 12.8. The lowest BCUT2D eigenvalue weighted by atomic mass is 10.1. The molecule has 0 aliphatic carbocycles. The van der Waals surface area contributed by atoms with Gasteiger partial charge >= 0.3 is 0 Å². The molecule has 43 heavy (non-hydrogen) atoms. The van der Waals surface area contributed by atoms with Gasteiger partial charge in [-0.05, 0) is 69.9 Å². The molecule has 0 bridgehead atoms. The first-order valence-electron chi connectivity index (χ1n) is 14.0. The number of nitrogens with zero attached hydrogens (tertiary/aromatic N) is 1. The third kappa shape index (κ3) is 11.4. The standard InChI is InChI=1S/C22H25NO4.C8H12N2S.CH3NO.CH5N/c1-3-23(17(15-24)7-6-12-26-2)22(25)14-16-10-11-19-18-8-4-5-9-20(18)27-21(19)13-16;1-6(10-2)8-3-7(4-9)5-11-8;2-1-3;1-2/h4-5,8-11,13,15,17H,3,6-7,12,14H2,1-2H3;3-6,9-10H,1-2H3;1H,(H2,2,3);2H2,1H3/t;6-;;/m.1../s1. The van der Waals surface area contributed by atoms with Gasteiger partial charge in [-0.1, -0.05) is 30.3 Å². The van der Waals surface area contributed by atoms with E-state index >= 15 is 0 Å². The number of aldehydes is 1. The van der Waals surface area contributed by atoms with Crippen molar-refractivity contribution in [3.8, 4) is 0 Å². The topological polar surface area (TPSA) is 165 Å². The molecule has 2 amide bonds. The van der Waals surface area contributed by atoms with Crippen molar-refractivity contribution in [3.05, 3.63) is 69.9 Å². The summed E-state index contributed by atoms with van der Waals surface area (Å²) in [7, 11) is 5.07. The summed E-state index contributed by atoms with van der Waals surface area (Å²) in [4.78, 5) is 35.8. The van der Waals surface area contributed by atoms with E-state index in [1.54, 1.807) is 23.3 Å². The second-order valence-corrected chi connectivity index (χ2v) is 10.1. The highest BCUT2D eigenvalue weighted by Crippen LogP contribution is 2.29. The van der Waals surface area contributed by atoms with Gasteiger partial charge in [-0.2, -0.15) is 0 Å². The summed E-state index contributed by atoms with van der Waals surface area (Å²) in [5.41, 5.74) is 12.2. The summed E-state index contributed by atoms with van der Waals surface area (Å²) in [6, 6.07) is 15.8. The maximum absolute atomic E-state index is 12.8. The minimum atomic E-state index is -0.410. The van der Waals surface area contributed by atoms with Crippen LogP contribution in [0.15, 0.2) is 58.3 Å². The Morgan fingerprint density at radius 3 is 2.40 bits per heavy atom. The number of fused-ring (bicyclic) bond motifs is 3. The second-order valence-electron chi connectivity index (χ2n) is 9.20. The molecule has 0 saturated carbocycles. The van der Waals surface area contributed by atoms with Gasteiger partial charge in [0.05, 0.1) is 12.5 Å². The summed E-state index contributed by atoms with van der Waals surface area (Å²) < 4.78 is 10.9. The van der Waals surface area contributed by atoms with Crippen LogP contribution in [0.4, 0.5) is 0 Å². The molecule has 2 aromatic heterocycles. The molecule has 0 spiro atoms. The predicted molar refractivity (Wildman–Crippen MR) is 176 cm³/mol. The number of para-hydroxylation sites is 1. The SMILES string of the molecule is CCN(C(=O)Cc1ccc2c(c1)oc1ccccc12)C(C=O)CCCOC.CN.CN[C@H](C)c1cc(C=N)cs1.NC=O. The molecule has 4 rings (SSSR count). The number of nitrogens with one attached hydrogen (secondary N) is 2. The van der Waals surface area contributed by atoms with Crippen LogP contribution in [0.2, 0.25) is 0 Å². The molecule has 0 aliphatic rings. The number of hydrogen-bond acceptors (Lipinski definition) is 9. The zero-order chi connectivity index (χ0) is 32.2. The number of methoxy groups -OCH3 is 1. The van der Waals surface area contributed by atoms with Gasteiger partial charge in [0.1, 0.15) is 17.5 Å². The van der Waals surface area contributed by atoms with Crippen LogP contribution >= 0.6 is 11.3 Å². The fraction of sp³-hybridized carbons (Fsp3) is 0.375. The lowest BCUT2D eigenvalue weighted by Crippen LogP contribution is -2.42. The Labute approximate surface area is 257 Å². The van der Waals surface area contributed by atoms with E-state index in [2.05, 4.69) is 23.7 Å². The average Bonchev–Trinajstić information content (AvgIpc) is 3.67. The van der Waals surface area contributed by atoms with Gasteiger partial charge in [-0.15, -0.1) is 11.3 Å². The highest BCUT2D eigenvalue weighted by atomic mass is 32.1. The molecule has 0 saturated heterocycles. The number of carbonyl (C=O) groups excluding carboxylic acids is 3. The number of nitrogens with two attached hydrogens (primary N) is 2. The van der Waals surface area contributed by atoms with Gasteiger partial charge in [0.25, 0.3) is 0 Å². The lowest BCUT2D eigenvalue weighted by molar-refractivity contribution is -0.135. The zero-order valence-electron chi connectivity index (χ0n) is 25.7. The molecule has 11 heteroatoms. The first-order chi connectivity index (χ1) is 20.9. The molecule has 10 nitrogen and oxygen atoms in total. The van der Waals surface area contributed by atoms with Gasteiger partial charge in [-0.3, -0.25) is 9.59 Å². The minimum Gasteiger partial charge on any atom is -0.456 e. The highest BCUT2D eigenvalue weighted by Gasteiger charge is 2.22. The van der Waals surface area contributed by atoms with Crippen molar-refractivity contribution >= 4 is 58.1 Å². The molecule has 0 aliphatic heterocycles. The fourth-order valence-electron chi connectivity index (χ4n) is 4.30. The lowest BCUT2D eigenvalue weighted by Gasteiger charge is -2.27. The largest absolute Gasteiger partial charge is 0.456 e. The van der Waals surface area contributed by atoms with E-state index in [-0.39, 0.29) is 18.7 Å². The number of rotatable bonds is 12. The van der Waals surface area contributed by atoms with Crippen LogP contribution in [0.5, 0.6) is 0 Å².